The normalized spacial score (nSPS) is 22.2. The number of nitrogens with one attached hydrogen (secondary N) is 1. The van der Waals surface area contributed by atoms with Gasteiger partial charge in [0.1, 0.15) is 5.57 Å². The molecule has 1 saturated heterocycles. The van der Waals surface area contributed by atoms with Crippen molar-refractivity contribution >= 4 is 35.3 Å². The van der Waals surface area contributed by atoms with Gasteiger partial charge >= 0.3 is 6.03 Å². The zero-order valence-electron chi connectivity index (χ0n) is 19.9. The lowest BCUT2D eigenvalue weighted by Gasteiger charge is -2.45. The van der Waals surface area contributed by atoms with Gasteiger partial charge in [-0.05, 0) is 80.1 Å². The van der Waals surface area contributed by atoms with Crippen molar-refractivity contribution < 1.29 is 23.9 Å². The number of imide groups is 2. The third-order valence-corrected chi connectivity index (χ3v) is 7.04. The number of anilines is 2. The molecule has 3 aliphatic rings. The second-order valence-corrected chi connectivity index (χ2v) is 9.74. The topological polar surface area (TPSA) is 88.2 Å². The molecule has 176 valence electrons. The Labute approximate surface area is 198 Å². The van der Waals surface area contributed by atoms with Crippen molar-refractivity contribution in [3.63, 3.8) is 0 Å². The maximum Gasteiger partial charge on any atom is 0.335 e. The first kappa shape index (κ1) is 22.0. The monoisotopic (exact) mass is 461 g/mol. The Balaban J connectivity index is 1.54. The molecule has 0 aromatic heterocycles. The number of rotatable bonds is 2. The average Bonchev–Trinajstić information content (AvgIpc) is 3.23. The molecule has 1 atom stereocenters. The average molecular weight is 462 g/mol. The highest BCUT2D eigenvalue weighted by atomic mass is 16.7. The molecule has 1 fully saturated rings. The van der Waals surface area contributed by atoms with Crippen LogP contribution >= 0.6 is 0 Å². The summed E-state index contributed by atoms with van der Waals surface area (Å²) in [5.74, 6) is -0.104. The lowest BCUT2D eigenvalue weighted by atomic mass is 9.79. The van der Waals surface area contributed by atoms with Crippen LogP contribution in [0, 0.1) is 6.92 Å². The summed E-state index contributed by atoms with van der Waals surface area (Å²) < 4.78 is 10.7. The van der Waals surface area contributed by atoms with E-state index in [9.17, 15) is 14.4 Å². The van der Waals surface area contributed by atoms with Gasteiger partial charge in [0.25, 0.3) is 11.8 Å². The van der Waals surface area contributed by atoms with Crippen molar-refractivity contribution in [2.45, 2.75) is 45.6 Å². The molecule has 1 N–H and O–H groups in total. The molecule has 5 rings (SSSR count). The van der Waals surface area contributed by atoms with E-state index in [2.05, 4.69) is 50.2 Å². The fourth-order valence-electron chi connectivity index (χ4n) is 4.96. The Hall–Kier alpha value is -3.81. The molecule has 8 nitrogen and oxygen atoms in total. The number of benzene rings is 2. The van der Waals surface area contributed by atoms with Gasteiger partial charge in [-0.3, -0.25) is 14.9 Å². The van der Waals surface area contributed by atoms with E-state index in [1.54, 1.807) is 24.3 Å². The maximum absolute atomic E-state index is 13.3. The van der Waals surface area contributed by atoms with E-state index >= 15 is 0 Å². The number of hydrogen-bond acceptors (Lipinski definition) is 6. The Kier molecular flexibility index (Phi) is 4.93. The Morgan fingerprint density at radius 1 is 1.09 bits per heavy atom. The lowest BCUT2D eigenvalue weighted by Crippen LogP contribution is -2.54. The minimum absolute atomic E-state index is 0.0313. The lowest BCUT2D eigenvalue weighted by molar-refractivity contribution is -0.122. The Morgan fingerprint density at radius 3 is 2.59 bits per heavy atom. The Morgan fingerprint density at radius 2 is 1.82 bits per heavy atom. The molecule has 34 heavy (non-hydrogen) atoms. The first-order valence-electron chi connectivity index (χ1n) is 11.3. The molecule has 0 saturated carbocycles. The van der Waals surface area contributed by atoms with E-state index in [-0.39, 0.29) is 17.9 Å². The van der Waals surface area contributed by atoms with Crippen LogP contribution < -0.4 is 24.6 Å². The van der Waals surface area contributed by atoms with Crippen LogP contribution in [0.4, 0.5) is 16.2 Å². The fourth-order valence-corrected chi connectivity index (χ4v) is 4.96. The van der Waals surface area contributed by atoms with E-state index < -0.39 is 17.8 Å². The van der Waals surface area contributed by atoms with Gasteiger partial charge in [-0.25, -0.2) is 9.69 Å². The maximum atomic E-state index is 13.3. The minimum atomic E-state index is -0.800. The van der Waals surface area contributed by atoms with Gasteiger partial charge in [0.05, 0.1) is 5.69 Å². The van der Waals surface area contributed by atoms with Gasteiger partial charge in [-0.15, -0.1) is 0 Å². The second-order valence-electron chi connectivity index (χ2n) is 9.74. The number of ether oxygens (including phenoxy) is 2. The van der Waals surface area contributed by atoms with Crippen molar-refractivity contribution in [3.05, 3.63) is 52.6 Å². The van der Waals surface area contributed by atoms with Crippen molar-refractivity contribution in [3.8, 4) is 11.5 Å². The van der Waals surface area contributed by atoms with Gasteiger partial charge in [-0.2, -0.15) is 0 Å². The van der Waals surface area contributed by atoms with Crippen LogP contribution in [0.3, 0.4) is 0 Å². The molecule has 4 amide bonds. The zero-order valence-corrected chi connectivity index (χ0v) is 19.9. The molecular formula is C26H27N3O5. The summed E-state index contributed by atoms with van der Waals surface area (Å²) in [6.07, 6.45) is 2.56. The van der Waals surface area contributed by atoms with Crippen LogP contribution in [0.5, 0.6) is 11.5 Å². The number of barbiturate groups is 1. The molecular weight excluding hydrogens is 434 g/mol. The molecule has 3 heterocycles. The van der Waals surface area contributed by atoms with Gasteiger partial charge in [0.15, 0.2) is 11.5 Å². The summed E-state index contributed by atoms with van der Waals surface area (Å²) >= 11 is 0. The van der Waals surface area contributed by atoms with E-state index in [1.165, 1.54) is 5.56 Å². The number of urea groups is 1. The number of fused-ring (bicyclic) bond motifs is 2. The number of carbonyl (C=O) groups is 3. The van der Waals surface area contributed by atoms with Crippen LogP contribution in [0.2, 0.25) is 0 Å². The van der Waals surface area contributed by atoms with Gasteiger partial charge < -0.3 is 14.4 Å². The van der Waals surface area contributed by atoms with Gasteiger partial charge in [0.2, 0.25) is 6.79 Å². The summed E-state index contributed by atoms with van der Waals surface area (Å²) in [7, 11) is 2.09. The summed E-state index contributed by atoms with van der Waals surface area (Å²) in [4.78, 5) is 41.8. The zero-order chi connectivity index (χ0) is 24.4. The summed E-state index contributed by atoms with van der Waals surface area (Å²) in [6, 6.07) is 8.12. The van der Waals surface area contributed by atoms with Gasteiger partial charge in [-0.1, -0.05) is 6.92 Å². The van der Waals surface area contributed by atoms with Gasteiger partial charge in [0, 0.05) is 24.3 Å². The predicted molar refractivity (Wildman–Crippen MR) is 128 cm³/mol. The van der Waals surface area contributed by atoms with Crippen molar-refractivity contribution in [2.24, 2.45) is 0 Å². The molecule has 2 aromatic rings. The SMILES string of the molecule is Cc1cc2c(cc1/C=C1\C(=O)NC(=O)N(c3ccc4c(c3)OCO4)C1=O)[C@H](C)CC(C)(C)N2C. The third-order valence-electron chi connectivity index (χ3n) is 7.04. The molecule has 0 aliphatic carbocycles. The minimum Gasteiger partial charge on any atom is -0.454 e. The molecule has 0 unspecified atom stereocenters. The second kappa shape index (κ2) is 7.62. The van der Waals surface area contributed by atoms with Crippen LogP contribution in [0.25, 0.3) is 6.08 Å². The first-order valence-corrected chi connectivity index (χ1v) is 11.3. The summed E-state index contributed by atoms with van der Waals surface area (Å²) in [6.45, 7) is 8.68. The number of aryl methyl sites for hydroxylation is 1. The Bertz CT molecular complexity index is 1280. The number of hydrogen-bond donors (Lipinski definition) is 1. The number of amides is 4. The third kappa shape index (κ3) is 3.41. The largest absolute Gasteiger partial charge is 0.454 e. The van der Waals surface area contributed by atoms with Crippen LogP contribution in [0.15, 0.2) is 35.9 Å². The van der Waals surface area contributed by atoms with E-state index in [4.69, 9.17) is 9.47 Å². The highest BCUT2D eigenvalue weighted by molar-refractivity contribution is 6.39. The molecule has 3 aliphatic heterocycles. The molecule has 0 bridgehead atoms. The van der Waals surface area contributed by atoms with Crippen molar-refractivity contribution in [2.75, 3.05) is 23.6 Å². The van der Waals surface area contributed by atoms with Crippen molar-refractivity contribution in [1.29, 1.82) is 0 Å². The standard InChI is InChI=1S/C26H27N3O5/c1-14-8-20-18(15(2)12-26(3,4)28(20)5)9-16(14)10-19-23(30)27-25(32)29(24(19)31)17-6-7-21-22(11-17)34-13-33-21/h6-11,15H,12-13H2,1-5H3,(H,27,30,32)/b19-10+/t15-/m1/s1. The van der Waals surface area contributed by atoms with Crippen LogP contribution in [0.1, 0.15) is 49.8 Å². The highest BCUT2D eigenvalue weighted by Gasteiger charge is 2.38. The van der Waals surface area contributed by atoms with Crippen molar-refractivity contribution in [1.82, 2.24) is 5.32 Å². The van der Waals surface area contributed by atoms with E-state index in [0.29, 0.717) is 23.1 Å². The number of nitrogens with zero attached hydrogens (tertiary/aromatic N) is 2. The molecule has 0 spiro atoms. The quantitative estimate of drug-likeness (QED) is 0.535. The predicted octanol–water partition coefficient (Wildman–Crippen LogP) is 4.11. The summed E-state index contributed by atoms with van der Waals surface area (Å²) in [5.41, 5.74) is 4.27. The number of carbonyl (C=O) groups excluding carboxylic acids is 3. The molecule has 0 radical (unpaired) electrons. The molecule has 2 aromatic carbocycles. The smallest absolute Gasteiger partial charge is 0.335 e. The van der Waals surface area contributed by atoms with E-state index in [1.807, 2.05) is 6.92 Å². The molecule has 8 heteroatoms. The highest BCUT2D eigenvalue weighted by Crippen LogP contribution is 2.44. The summed E-state index contributed by atoms with van der Waals surface area (Å²) in [5, 5.41) is 2.28. The fraction of sp³-hybridized carbons (Fsp3) is 0.346. The van der Waals surface area contributed by atoms with Crippen LogP contribution in [-0.2, 0) is 9.59 Å². The van der Waals surface area contributed by atoms with Crippen LogP contribution in [-0.4, -0.2) is 37.2 Å². The first-order chi connectivity index (χ1) is 16.1. The van der Waals surface area contributed by atoms with E-state index in [0.717, 1.165) is 28.1 Å².